The smallest absolute Gasteiger partial charge is 0.266 e. The van der Waals surface area contributed by atoms with E-state index in [1.165, 1.54) is 6.08 Å². The maximum absolute atomic E-state index is 12.5. The minimum atomic E-state index is -0.448. The zero-order chi connectivity index (χ0) is 19.8. The summed E-state index contributed by atoms with van der Waals surface area (Å²) >= 11 is 0. The lowest BCUT2D eigenvalue weighted by molar-refractivity contribution is -0.112. The molecule has 5 nitrogen and oxygen atoms in total. The van der Waals surface area contributed by atoms with Gasteiger partial charge in [0.2, 0.25) is 0 Å². The van der Waals surface area contributed by atoms with Crippen LogP contribution in [-0.4, -0.2) is 19.6 Å². The molecule has 0 heterocycles. The van der Waals surface area contributed by atoms with Crippen molar-refractivity contribution >= 4 is 17.7 Å². The number of aryl methyl sites for hydroxylation is 2. The number of ether oxygens (including phenoxy) is 2. The van der Waals surface area contributed by atoms with Crippen molar-refractivity contribution in [3.8, 4) is 17.6 Å². The van der Waals surface area contributed by atoms with Gasteiger partial charge in [0.15, 0.2) is 11.5 Å². The van der Waals surface area contributed by atoms with Gasteiger partial charge in [-0.3, -0.25) is 4.79 Å². The van der Waals surface area contributed by atoms with E-state index in [0.29, 0.717) is 29.4 Å². The third kappa shape index (κ3) is 5.35. The second kappa shape index (κ2) is 9.44. The first-order valence-corrected chi connectivity index (χ1v) is 8.79. The Morgan fingerprint density at radius 1 is 1.19 bits per heavy atom. The summed E-state index contributed by atoms with van der Waals surface area (Å²) in [5, 5.41) is 12.2. The molecule has 0 aliphatic heterocycles. The maximum atomic E-state index is 12.5. The third-order valence-corrected chi connectivity index (χ3v) is 3.96. The number of rotatable bonds is 7. The lowest BCUT2D eigenvalue weighted by atomic mass is 10.1. The van der Waals surface area contributed by atoms with E-state index in [1.54, 1.807) is 25.3 Å². The highest BCUT2D eigenvalue weighted by molar-refractivity contribution is 6.10. The molecular formula is C22H24N2O3. The molecule has 2 rings (SSSR count). The Balaban J connectivity index is 2.26. The number of nitrogens with zero attached hydrogens (tertiary/aromatic N) is 1. The molecule has 0 aromatic heterocycles. The van der Waals surface area contributed by atoms with Crippen LogP contribution in [0.1, 0.15) is 30.0 Å². The molecule has 0 atom stereocenters. The van der Waals surface area contributed by atoms with Gasteiger partial charge in [-0.05, 0) is 55.7 Å². The summed E-state index contributed by atoms with van der Waals surface area (Å²) in [6, 6.07) is 13.0. The Bertz CT molecular complexity index is 895. The van der Waals surface area contributed by atoms with E-state index in [9.17, 15) is 10.1 Å². The van der Waals surface area contributed by atoms with Crippen LogP contribution in [0.3, 0.4) is 0 Å². The van der Waals surface area contributed by atoms with Crippen molar-refractivity contribution in [3.05, 3.63) is 58.7 Å². The second-order valence-electron chi connectivity index (χ2n) is 6.20. The second-order valence-corrected chi connectivity index (χ2v) is 6.20. The zero-order valence-corrected chi connectivity index (χ0v) is 16.1. The summed E-state index contributed by atoms with van der Waals surface area (Å²) in [6.45, 7) is 6.48. The quantitative estimate of drug-likeness (QED) is 0.573. The van der Waals surface area contributed by atoms with Gasteiger partial charge in [-0.2, -0.15) is 5.26 Å². The molecule has 0 aliphatic carbocycles. The highest BCUT2D eigenvalue weighted by atomic mass is 16.5. The number of hydrogen-bond acceptors (Lipinski definition) is 4. The molecule has 0 spiro atoms. The number of nitriles is 1. The van der Waals surface area contributed by atoms with Gasteiger partial charge in [0.1, 0.15) is 11.6 Å². The van der Waals surface area contributed by atoms with Crippen molar-refractivity contribution in [1.29, 1.82) is 5.26 Å². The molecule has 0 bridgehead atoms. The van der Waals surface area contributed by atoms with Crippen molar-refractivity contribution in [2.24, 2.45) is 0 Å². The fourth-order valence-corrected chi connectivity index (χ4v) is 2.57. The predicted molar refractivity (Wildman–Crippen MR) is 107 cm³/mol. The lowest BCUT2D eigenvalue weighted by Crippen LogP contribution is -2.14. The SMILES string of the molecule is CCCOc1cc(/C=C(\C#N)C(=O)Nc2ccc(C)cc2C)ccc1OC. The first-order chi connectivity index (χ1) is 13.0. The van der Waals surface area contributed by atoms with Crippen molar-refractivity contribution in [2.75, 3.05) is 19.0 Å². The molecule has 1 amide bonds. The van der Waals surface area contributed by atoms with Crippen LogP contribution < -0.4 is 14.8 Å². The van der Waals surface area contributed by atoms with Gasteiger partial charge in [0.05, 0.1) is 13.7 Å². The molecule has 0 unspecified atom stereocenters. The van der Waals surface area contributed by atoms with Gasteiger partial charge in [0, 0.05) is 5.69 Å². The average Bonchev–Trinajstić information content (AvgIpc) is 2.66. The maximum Gasteiger partial charge on any atom is 0.266 e. The summed E-state index contributed by atoms with van der Waals surface area (Å²) in [5.74, 6) is 0.746. The molecule has 27 heavy (non-hydrogen) atoms. The average molecular weight is 364 g/mol. The van der Waals surface area contributed by atoms with Crippen molar-refractivity contribution in [2.45, 2.75) is 27.2 Å². The Kier molecular flexibility index (Phi) is 7.01. The third-order valence-electron chi connectivity index (χ3n) is 3.96. The number of carbonyl (C=O) groups is 1. The number of anilines is 1. The molecular weight excluding hydrogens is 340 g/mol. The minimum Gasteiger partial charge on any atom is -0.493 e. The first kappa shape index (κ1) is 20.1. The Morgan fingerprint density at radius 3 is 2.59 bits per heavy atom. The molecule has 0 fully saturated rings. The van der Waals surface area contributed by atoms with Crippen LogP contribution >= 0.6 is 0 Å². The van der Waals surface area contributed by atoms with Crippen LogP contribution in [0.25, 0.3) is 6.08 Å². The van der Waals surface area contributed by atoms with E-state index < -0.39 is 5.91 Å². The van der Waals surface area contributed by atoms with Crippen molar-refractivity contribution < 1.29 is 14.3 Å². The van der Waals surface area contributed by atoms with Gasteiger partial charge in [-0.25, -0.2) is 0 Å². The normalized spacial score (nSPS) is 10.9. The molecule has 1 N–H and O–H groups in total. The number of benzene rings is 2. The summed E-state index contributed by atoms with van der Waals surface area (Å²) in [4.78, 5) is 12.5. The van der Waals surface area contributed by atoms with E-state index in [-0.39, 0.29) is 5.57 Å². The standard InChI is InChI=1S/C22H24N2O3/c1-5-10-27-21-13-17(7-9-20(21)26-4)12-18(14-23)22(25)24-19-8-6-15(2)11-16(19)3/h6-9,11-13H,5,10H2,1-4H3,(H,24,25)/b18-12+. The van der Waals surface area contributed by atoms with E-state index in [1.807, 2.05) is 45.0 Å². The Labute approximate surface area is 160 Å². The minimum absolute atomic E-state index is 0.0154. The number of amides is 1. The lowest BCUT2D eigenvalue weighted by Gasteiger charge is -2.11. The van der Waals surface area contributed by atoms with Crippen molar-refractivity contribution in [1.82, 2.24) is 0 Å². The van der Waals surface area contributed by atoms with E-state index in [2.05, 4.69) is 5.32 Å². The van der Waals surface area contributed by atoms with Gasteiger partial charge >= 0.3 is 0 Å². The van der Waals surface area contributed by atoms with Crippen LogP contribution in [0.5, 0.6) is 11.5 Å². The summed E-state index contributed by atoms with van der Waals surface area (Å²) in [5.41, 5.74) is 3.45. The largest absolute Gasteiger partial charge is 0.493 e. The molecule has 0 radical (unpaired) electrons. The number of nitrogens with one attached hydrogen (secondary N) is 1. The monoisotopic (exact) mass is 364 g/mol. The van der Waals surface area contributed by atoms with Gasteiger partial charge < -0.3 is 14.8 Å². The fourth-order valence-electron chi connectivity index (χ4n) is 2.57. The summed E-state index contributed by atoms with van der Waals surface area (Å²) in [6.07, 6.45) is 2.40. The Hall–Kier alpha value is -3.26. The Morgan fingerprint density at radius 2 is 1.96 bits per heavy atom. The van der Waals surface area contributed by atoms with Crippen LogP contribution in [0.2, 0.25) is 0 Å². The zero-order valence-electron chi connectivity index (χ0n) is 16.1. The molecule has 0 aliphatic rings. The van der Waals surface area contributed by atoms with E-state index in [4.69, 9.17) is 9.47 Å². The predicted octanol–water partition coefficient (Wildman–Crippen LogP) is 4.65. The van der Waals surface area contributed by atoms with Crippen LogP contribution in [0, 0.1) is 25.2 Å². The van der Waals surface area contributed by atoms with Gasteiger partial charge in [-0.15, -0.1) is 0 Å². The van der Waals surface area contributed by atoms with Gasteiger partial charge in [0.25, 0.3) is 5.91 Å². The molecule has 2 aromatic carbocycles. The van der Waals surface area contributed by atoms with Gasteiger partial charge in [-0.1, -0.05) is 30.7 Å². The summed E-state index contributed by atoms with van der Waals surface area (Å²) < 4.78 is 11.0. The fraction of sp³-hybridized carbons (Fsp3) is 0.273. The molecule has 0 saturated heterocycles. The highest BCUT2D eigenvalue weighted by Crippen LogP contribution is 2.29. The van der Waals surface area contributed by atoms with E-state index in [0.717, 1.165) is 17.5 Å². The van der Waals surface area contributed by atoms with E-state index >= 15 is 0 Å². The van der Waals surface area contributed by atoms with Crippen LogP contribution in [0.4, 0.5) is 5.69 Å². The first-order valence-electron chi connectivity index (χ1n) is 8.79. The number of methoxy groups -OCH3 is 1. The van der Waals surface area contributed by atoms with Crippen LogP contribution in [0.15, 0.2) is 42.0 Å². The molecule has 2 aromatic rings. The number of carbonyl (C=O) groups excluding carboxylic acids is 1. The van der Waals surface area contributed by atoms with Crippen molar-refractivity contribution in [3.63, 3.8) is 0 Å². The molecule has 5 heteroatoms. The topological polar surface area (TPSA) is 71.3 Å². The molecule has 0 saturated carbocycles. The summed E-state index contributed by atoms with van der Waals surface area (Å²) in [7, 11) is 1.57. The molecule has 140 valence electrons. The highest BCUT2D eigenvalue weighted by Gasteiger charge is 2.12. The number of hydrogen-bond donors (Lipinski definition) is 1. The van der Waals surface area contributed by atoms with Crippen LogP contribution in [-0.2, 0) is 4.79 Å².